The standard InChI is InChI=1S/C26H24FNO2/c27-22-6-8-23(9-7-22)28-25-11-10-24(30-18-19-4-2-1-3-5-19)16-21(25)17-26(28)20-12-14-29-15-13-20/h1-11,16-17,20H,12-15,18H2. The van der Waals surface area contributed by atoms with Gasteiger partial charge in [-0.1, -0.05) is 30.3 Å². The van der Waals surface area contributed by atoms with Crippen LogP contribution in [-0.2, 0) is 11.3 Å². The molecule has 30 heavy (non-hydrogen) atoms. The molecule has 1 fully saturated rings. The van der Waals surface area contributed by atoms with E-state index in [9.17, 15) is 4.39 Å². The van der Waals surface area contributed by atoms with E-state index < -0.39 is 0 Å². The third-order valence-electron chi connectivity index (χ3n) is 5.77. The second kappa shape index (κ2) is 8.33. The molecule has 0 N–H and O–H groups in total. The molecule has 4 aromatic rings. The van der Waals surface area contributed by atoms with Gasteiger partial charge in [0, 0.05) is 35.9 Å². The third kappa shape index (κ3) is 3.83. The van der Waals surface area contributed by atoms with Crippen LogP contribution < -0.4 is 4.74 Å². The summed E-state index contributed by atoms with van der Waals surface area (Å²) in [6.07, 6.45) is 1.99. The highest BCUT2D eigenvalue weighted by molar-refractivity contribution is 5.85. The second-order valence-corrected chi connectivity index (χ2v) is 7.76. The van der Waals surface area contributed by atoms with Crippen molar-refractivity contribution >= 4 is 10.9 Å². The Hall–Kier alpha value is -3.11. The van der Waals surface area contributed by atoms with Gasteiger partial charge in [-0.25, -0.2) is 4.39 Å². The first-order valence-corrected chi connectivity index (χ1v) is 10.4. The summed E-state index contributed by atoms with van der Waals surface area (Å²) in [5.74, 6) is 1.05. The smallest absolute Gasteiger partial charge is 0.123 e. The Morgan fingerprint density at radius 1 is 0.900 bits per heavy atom. The van der Waals surface area contributed by atoms with Crippen molar-refractivity contribution in [2.45, 2.75) is 25.4 Å². The minimum absolute atomic E-state index is 0.223. The monoisotopic (exact) mass is 401 g/mol. The number of benzene rings is 3. The highest BCUT2D eigenvalue weighted by atomic mass is 19.1. The fraction of sp³-hybridized carbons (Fsp3) is 0.231. The van der Waals surface area contributed by atoms with Gasteiger partial charge in [0.2, 0.25) is 0 Å². The highest BCUT2D eigenvalue weighted by Gasteiger charge is 2.22. The zero-order valence-electron chi connectivity index (χ0n) is 16.8. The Morgan fingerprint density at radius 3 is 2.43 bits per heavy atom. The average Bonchev–Trinajstić information content (AvgIpc) is 3.18. The Kier molecular flexibility index (Phi) is 5.24. The first-order valence-electron chi connectivity index (χ1n) is 10.4. The Bertz CT molecular complexity index is 1130. The number of fused-ring (bicyclic) bond motifs is 1. The maximum atomic E-state index is 13.5. The van der Waals surface area contributed by atoms with Crippen LogP contribution in [0.1, 0.15) is 30.0 Å². The average molecular weight is 401 g/mol. The van der Waals surface area contributed by atoms with Gasteiger partial charge < -0.3 is 14.0 Å². The van der Waals surface area contributed by atoms with Crippen molar-refractivity contribution in [3.05, 3.63) is 95.9 Å². The van der Waals surface area contributed by atoms with Crippen LogP contribution in [0.25, 0.3) is 16.6 Å². The lowest BCUT2D eigenvalue weighted by Gasteiger charge is -2.24. The molecule has 0 aliphatic carbocycles. The Morgan fingerprint density at radius 2 is 1.67 bits per heavy atom. The summed E-state index contributed by atoms with van der Waals surface area (Å²) >= 11 is 0. The van der Waals surface area contributed by atoms with Crippen LogP contribution in [0.5, 0.6) is 5.75 Å². The highest BCUT2D eigenvalue weighted by Crippen LogP contribution is 2.35. The van der Waals surface area contributed by atoms with E-state index in [2.05, 4.69) is 34.9 Å². The predicted molar refractivity (Wildman–Crippen MR) is 117 cm³/mol. The van der Waals surface area contributed by atoms with Crippen molar-refractivity contribution in [2.75, 3.05) is 13.2 Å². The first kappa shape index (κ1) is 18.9. The van der Waals surface area contributed by atoms with Gasteiger partial charge >= 0.3 is 0 Å². The summed E-state index contributed by atoms with van der Waals surface area (Å²) in [6.45, 7) is 2.10. The summed E-state index contributed by atoms with van der Waals surface area (Å²) in [5, 5.41) is 1.13. The normalized spacial score (nSPS) is 14.8. The number of ether oxygens (including phenoxy) is 2. The second-order valence-electron chi connectivity index (χ2n) is 7.76. The van der Waals surface area contributed by atoms with E-state index in [1.807, 2.05) is 36.4 Å². The number of rotatable bonds is 5. The summed E-state index contributed by atoms with van der Waals surface area (Å²) in [5.41, 5.74) is 4.48. The molecule has 2 heterocycles. The van der Waals surface area contributed by atoms with Gasteiger partial charge in [0.1, 0.15) is 18.2 Å². The molecule has 0 bridgehead atoms. The number of nitrogens with zero attached hydrogens (tertiary/aromatic N) is 1. The molecule has 1 aliphatic rings. The Balaban J connectivity index is 1.53. The first-order chi connectivity index (χ1) is 14.8. The van der Waals surface area contributed by atoms with E-state index in [1.54, 1.807) is 0 Å². The molecule has 0 unspecified atom stereocenters. The van der Waals surface area contributed by atoms with Crippen molar-refractivity contribution in [3.63, 3.8) is 0 Å². The molecule has 5 rings (SSSR count). The molecule has 0 saturated carbocycles. The number of hydrogen-bond donors (Lipinski definition) is 0. The molecule has 1 aromatic heterocycles. The lowest BCUT2D eigenvalue weighted by Crippen LogP contribution is -2.16. The van der Waals surface area contributed by atoms with Crippen molar-refractivity contribution in [3.8, 4) is 11.4 Å². The van der Waals surface area contributed by atoms with E-state index >= 15 is 0 Å². The summed E-state index contributed by atoms with van der Waals surface area (Å²) in [6, 6.07) is 25.4. The molecule has 0 spiro atoms. The van der Waals surface area contributed by atoms with E-state index in [0.29, 0.717) is 12.5 Å². The maximum absolute atomic E-state index is 13.5. The summed E-state index contributed by atoms with van der Waals surface area (Å²) in [7, 11) is 0. The van der Waals surface area contributed by atoms with Crippen LogP contribution in [0.2, 0.25) is 0 Å². The van der Waals surface area contributed by atoms with E-state index in [1.165, 1.54) is 17.8 Å². The molecule has 0 radical (unpaired) electrons. The van der Waals surface area contributed by atoms with Crippen LogP contribution >= 0.6 is 0 Å². The minimum atomic E-state index is -0.223. The molecular weight excluding hydrogens is 377 g/mol. The third-order valence-corrected chi connectivity index (χ3v) is 5.77. The zero-order chi connectivity index (χ0) is 20.3. The quantitative estimate of drug-likeness (QED) is 0.395. The molecule has 1 saturated heterocycles. The van der Waals surface area contributed by atoms with Gasteiger partial charge in [-0.2, -0.15) is 0 Å². The fourth-order valence-electron chi connectivity index (χ4n) is 4.22. The largest absolute Gasteiger partial charge is 0.489 e. The number of aromatic nitrogens is 1. The van der Waals surface area contributed by atoms with Crippen LogP contribution in [0.3, 0.4) is 0 Å². The summed E-state index contributed by atoms with van der Waals surface area (Å²) in [4.78, 5) is 0. The van der Waals surface area contributed by atoms with Gasteiger partial charge in [-0.05, 0) is 66.9 Å². The van der Waals surface area contributed by atoms with Gasteiger partial charge in [0.05, 0.1) is 5.52 Å². The SMILES string of the molecule is Fc1ccc(-n2c(C3CCOCC3)cc3cc(OCc4ccccc4)ccc32)cc1. The fourth-order valence-corrected chi connectivity index (χ4v) is 4.22. The van der Waals surface area contributed by atoms with Crippen LogP contribution in [0.15, 0.2) is 78.9 Å². The van der Waals surface area contributed by atoms with Gasteiger partial charge in [0.25, 0.3) is 0 Å². The Labute approximate surface area is 175 Å². The van der Waals surface area contributed by atoms with Gasteiger partial charge in [-0.3, -0.25) is 0 Å². The molecule has 3 nitrogen and oxygen atoms in total. The van der Waals surface area contributed by atoms with Crippen molar-refractivity contribution in [1.29, 1.82) is 0 Å². The topological polar surface area (TPSA) is 23.4 Å². The van der Waals surface area contributed by atoms with Crippen LogP contribution in [0.4, 0.5) is 4.39 Å². The molecule has 0 atom stereocenters. The van der Waals surface area contributed by atoms with Crippen molar-refractivity contribution in [2.24, 2.45) is 0 Å². The molecule has 152 valence electrons. The van der Waals surface area contributed by atoms with Crippen molar-refractivity contribution < 1.29 is 13.9 Å². The van der Waals surface area contributed by atoms with Gasteiger partial charge in [-0.15, -0.1) is 0 Å². The lowest BCUT2D eigenvalue weighted by molar-refractivity contribution is 0.0842. The van der Waals surface area contributed by atoms with Gasteiger partial charge in [0.15, 0.2) is 0 Å². The molecular formula is C26H24FNO2. The molecule has 1 aliphatic heterocycles. The van der Waals surface area contributed by atoms with E-state index in [0.717, 1.165) is 54.0 Å². The van der Waals surface area contributed by atoms with Crippen molar-refractivity contribution in [1.82, 2.24) is 4.57 Å². The molecule has 3 aromatic carbocycles. The number of hydrogen-bond acceptors (Lipinski definition) is 2. The predicted octanol–water partition coefficient (Wildman–Crippen LogP) is 6.24. The molecule has 0 amide bonds. The molecule has 4 heteroatoms. The minimum Gasteiger partial charge on any atom is -0.489 e. The maximum Gasteiger partial charge on any atom is 0.123 e. The lowest BCUT2D eigenvalue weighted by atomic mass is 9.96. The van der Waals surface area contributed by atoms with Crippen LogP contribution in [0, 0.1) is 5.82 Å². The number of halogens is 1. The summed E-state index contributed by atoms with van der Waals surface area (Å²) < 4.78 is 27.4. The zero-order valence-corrected chi connectivity index (χ0v) is 16.8. The van der Waals surface area contributed by atoms with E-state index in [4.69, 9.17) is 9.47 Å². The van der Waals surface area contributed by atoms with Crippen LogP contribution in [-0.4, -0.2) is 17.8 Å². The van der Waals surface area contributed by atoms with E-state index in [-0.39, 0.29) is 5.82 Å².